The van der Waals surface area contributed by atoms with Gasteiger partial charge in [-0.05, 0) is 28.8 Å². The molecule has 0 bridgehead atoms. The number of hydrogen-bond donors (Lipinski definition) is 1. The Bertz CT molecular complexity index is 386. The minimum Gasteiger partial charge on any atom is -0.396 e. The Hall–Kier alpha value is -0.680. The zero-order chi connectivity index (χ0) is 12.3. The highest BCUT2D eigenvalue weighted by Gasteiger charge is 2.23. The molecule has 1 aromatic heterocycles. The normalized spacial score (nSPS) is 19.9. The van der Waals surface area contributed by atoms with Gasteiger partial charge in [-0.15, -0.1) is 0 Å². The van der Waals surface area contributed by atoms with E-state index in [1.54, 1.807) is 0 Å². The van der Waals surface area contributed by atoms with E-state index in [-0.39, 0.29) is 6.61 Å². The number of halogens is 1. The monoisotopic (exact) mass is 299 g/mol. The minimum atomic E-state index is 0.268. The summed E-state index contributed by atoms with van der Waals surface area (Å²) in [5.74, 6) is 2.26. The number of aryl methyl sites for hydroxylation is 1. The molecule has 1 aliphatic rings. The summed E-state index contributed by atoms with van der Waals surface area (Å²) in [5, 5.41) is 9.16. The zero-order valence-corrected chi connectivity index (χ0v) is 11.7. The van der Waals surface area contributed by atoms with E-state index in [0.29, 0.717) is 5.92 Å². The van der Waals surface area contributed by atoms with Crippen LogP contribution in [0.15, 0.2) is 10.7 Å². The fourth-order valence-electron chi connectivity index (χ4n) is 2.14. The topological polar surface area (TPSA) is 49.2 Å². The molecular formula is C12H18BrN3O. The number of nitrogens with zero attached hydrogens (tertiary/aromatic N) is 3. The van der Waals surface area contributed by atoms with E-state index >= 15 is 0 Å². The first-order chi connectivity index (χ1) is 8.22. The number of rotatable bonds is 4. The van der Waals surface area contributed by atoms with E-state index in [0.717, 1.165) is 48.6 Å². The lowest BCUT2D eigenvalue weighted by Gasteiger charge is -2.18. The fraction of sp³-hybridized carbons (Fsp3) is 0.667. The lowest BCUT2D eigenvalue weighted by atomic mass is 10.1. The summed E-state index contributed by atoms with van der Waals surface area (Å²) in [7, 11) is 0. The molecule has 0 aromatic carbocycles. The standard InChI is InChI=1S/C12H18BrN3O/c1-2-3-11-14-10(13)6-12(15-11)16-5-4-9(7-16)8-17/h6,9,17H,2-5,7-8H2,1H3. The molecule has 0 aliphatic carbocycles. The van der Waals surface area contributed by atoms with Crippen LogP contribution in [0.2, 0.25) is 0 Å². The first-order valence-corrected chi connectivity index (χ1v) is 6.91. The minimum absolute atomic E-state index is 0.268. The van der Waals surface area contributed by atoms with Crippen LogP contribution >= 0.6 is 15.9 Å². The van der Waals surface area contributed by atoms with Crippen LogP contribution in [-0.2, 0) is 6.42 Å². The molecule has 2 heterocycles. The van der Waals surface area contributed by atoms with E-state index in [2.05, 4.69) is 37.7 Å². The lowest BCUT2D eigenvalue weighted by Crippen LogP contribution is -2.22. The van der Waals surface area contributed by atoms with Gasteiger partial charge in [0.25, 0.3) is 0 Å². The molecule has 1 saturated heterocycles. The summed E-state index contributed by atoms with van der Waals surface area (Å²) in [5.41, 5.74) is 0. The molecule has 1 fully saturated rings. The van der Waals surface area contributed by atoms with Crippen molar-refractivity contribution in [2.45, 2.75) is 26.2 Å². The van der Waals surface area contributed by atoms with E-state index < -0.39 is 0 Å². The van der Waals surface area contributed by atoms with Crippen molar-refractivity contribution >= 4 is 21.7 Å². The van der Waals surface area contributed by atoms with Crippen LogP contribution in [0.1, 0.15) is 25.6 Å². The van der Waals surface area contributed by atoms with Gasteiger partial charge in [0.15, 0.2) is 0 Å². The van der Waals surface area contributed by atoms with Crippen LogP contribution in [0.4, 0.5) is 5.82 Å². The Morgan fingerprint density at radius 2 is 2.35 bits per heavy atom. The van der Waals surface area contributed by atoms with Crippen molar-refractivity contribution in [2.75, 3.05) is 24.6 Å². The summed E-state index contributed by atoms with van der Waals surface area (Å²) < 4.78 is 0.846. The number of anilines is 1. The van der Waals surface area contributed by atoms with Crippen LogP contribution in [0, 0.1) is 5.92 Å². The Morgan fingerprint density at radius 1 is 1.53 bits per heavy atom. The quantitative estimate of drug-likeness (QED) is 0.864. The Kier molecular flexibility index (Phi) is 4.34. The van der Waals surface area contributed by atoms with Crippen molar-refractivity contribution in [1.82, 2.24) is 9.97 Å². The van der Waals surface area contributed by atoms with Crippen molar-refractivity contribution in [3.63, 3.8) is 0 Å². The highest BCUT2D eigenvalue weighted by atomic mass is 79.9. The summed E-state index contributed by atoms with van der Waals surface area (Å²) >= 11 is 3.44. The molecule has 0 radical (unpaired) electrons. The van der Waals surface area contributed by atoms with Crippen molar-refractivity contribution < 1.29 is 5.11 Å². The maximum Gasteiger partial charge on any atom is 0.133 e. The smallest absolute Gasteiger partial charge is 0.133 e. The van der Waals surface area contributed by atoms with E-state index in [1.807, 2.05) is 6.07 Å². The maximum atomic E-state index is 9.16. The molecule has 1 aliphatic heterocycles. The van der Waals surface area contributed by atoms with Crippen LogP contribution in [-0.4, -0.2) is 34.8 Å². The number of aliphatic hydroxyl groups is 1. The summed E-state index contributed by atoms with van der Waals surface area (Å²) in [6.07, 6.45) is 3.00. The Balaban J connectivity index is 2.15. The van der Waals surface area contributed by atoms with Gasteiger partial charge in [-0.3, -0.25) is 0 Å². The SMILES string of the molecule is CCCc1nc(Br)cc(N2CCC(CO)C2)n1. The van der Waals surface area contributed by atoms with Gasteiger partial charge in [0, 0.05) is 38.1 Å². The second-order valence-corrected chi connectivity index (χ2v) is 5.31. The van der Waals surface area contributed by atoms with Crippen LogP contribution < -0.4 is 4.90 Å². The molecule has 94 valence electrons. The second kappa shape index (κ2) is 5.78. The lowest BCUT2D eigenvalue weighted by molar-refractivity contribution is 0.238. The third-order valence-electron chi connectivity index (χ3n) is 3.07. The average molecular weight is 300 g/mol. The van der Waals surface area contributed by atoms with Crippen molar-refractivity contribution in [3.05, 3.63) is 16.5 Å². The van der Waals surface area contributed by atoms with Crippen LogP contribution in [0.25, 0.3) is 0 Å². The maximum absolute atomic E-state index is 9.16. The molecule has 1 N–H and O–H groups in total. The molecule has 1 atom stereocenters. The molecule has 4 nitrogen and oxygen atoms in total. The average Bonchev–Trinajstić information content (AvgIpc) is 2.77. The van der Waals surface area contributed by atoms with Gasteiger partial charge in [0.1, 0.15) is 16.2 Å². The first-order valence-electron chi connectivity index (χ1n) is 6.12. The largest absolute Gasteiger partial charge is 0.396 e. The summed E-state index contributed by atoms with van der Waals surface area (Å²) in [6.45, 7) is 4.26. The van der Waals surface area contributed by atoms with E-state index in [4.69, 9.17) is 5.11 Å². The van der Waals surface area contributed by atoms with Crippen LogP contribution in [0.3, 0.4) is 0 Å². The molecule has 0 amide bonds. The van der Waals surface area contributed by atoms with Gasteiger partial charge in [-0.2, -0.15) is 0 Å². The van der Waals surface area contributed by atoms with Gasteiger partial charge in [0.05, 0.1) is 0 Å². The number of hydrogen-bond acceptors (Lipinski definition) is 4. The van der Waals surface area contributed by atoms with E-state index in [9.17, 15) is 0 Å². The highest BCUT2D eigenvalue weighted by molar-refractivity contribution is 9.10. The molecule has 0 spiro atoms. The van der Waals surface area contributed by atoms with Crippen molar-refractivity contribution in [2.24, 2.45) is 5.92 Å². The van der Waals surface area contributed by atoms with Crippen molar-refractivity contribution in [1.29, 1.82) is 0 Å². The molecule has 2 rings (SSSR count). The Labute approximate surface area is 110 Å². The second-order valence-electron chi connectivity index (χ2n) is 4.50. The first kappa shape index (κ1) is 12.8. The van der Waals surface area contributed by atoms with Gasteiger partial charge < -0.3 is 10.0 Å². The van der Waals surface area contributed by atoms with Crippen molar-refractivity contribution in [3.8, 4) is 0 Å². The molecule has 5 heteroatoms. The fourth-order valence-corrected chi connectivity index (χ4v) is 2.55. The van der Waals surface area contributed by atoms with Gasteiger partial charge in [0.2, 0.25) is 0 Å². The molecule has 1 unspecified atom stereocenters. The molecular weight excluding hydrogens is 282 g/mol. The molecule has 0 saturated carbocycles. The van der Waals surface area contributed by atoms with Gasteiger partial charge >= 0.3 is 0 Å². The predicted molar refractivity (Wildman–Crippen MR) is 71.1 cm³/mol. The molecule has 17 heavy (non-hydrogen) atoms. The van der Waals surface area contributed by atoms with E-state index in [1.165, 1.54) is 0 Å². The van der Waals surface area contributed by atoms with Gasteiger partial charge in [-0.25, -0.2) is 9.97 Å². The highest BCUT2D eigenvalue weighted by Crippen LogP contribution is 2.24. The summed E-state index contributed by atoms with van der Waals surface area (Å²) in [6, 6.07) is 1.96. The van der Waals surface area contributed by atoms with Gasteiger partial charge in [-0.1, -0.05) is 6.92 Å². The van der Waals surface area contributed by atoms with Crippen LogP contribution in [0.5, 0.6) is 0 Å². The zero-order valence-electron chi connectivity index (χ0n) is 10.1. The summed E-state index contributed by atoms with van der Waals surface area (Å²) in [4.78, 5) is 11.2. The third kappa shape index (κ3) is 3.16. The number of aromatic nitrogens is 2. The molecule has 1 aromatic rings. The Morgan fingerprint density at radius 3 is 3.00 bits per heavy atom. The third-order valence-corrected chi connectivity index (χ3v) is 3.48. The predicted octanol–water partition coefficient (Wildman–Crippen LogP) is 2.01. The number of aliphatic hydroxyl groups excluding tert-OH is 1.